The first-order chi connectivity index (χ1) is 20.1. The zero-order chi connectivity index (χ0) is 30.4. The third-order valence-corrected chi connectivity index (χ3v) is 8.31. The van der Waals surface area contributed by atoms with E-state index in [0.29, 0.717) is 35.6 Å². The minimum Gasteiger partial charge on any atom is -0.493 e. The standard InChI is InChI=1S/C29H43N7O5S/c1-9-41-27(37)29(32-21(18-42-29)19(2)3)33-28-30-24(16-25(31-28)36-12-10-34(4)11-13-36)35(5)17-20-14-22(38-6)26(40-8)23(15-20)39-7/h14-16,18-19,32H,9-13,17H2,1-8H3,(H,30,31,33). The number of carbonyl (C=O) groups excluding carboxylic acids is 1. The monoisotopic (exact) mass is 601 g/mol. The molecule has 2 aliphatic heterocycles. The van der Waals surface area contributed by atoms with E-state index in [4.69, 9.17) is 28.9 Å². The first-order valence-corrected chi connectivity index (χ1v) is 14.9. The molecule has 0 spiro atoms. The number of methoxy groups -OCH3 is 3. The lowest BCUT2D eigenvalue weighted by Gasteiger charge is -2.34. The van der Waals surface area contributed by atoms with Gasteiger partial charge in [-0.05, 0) is 43.0 Å². The number of aromatic nitrogens is 2. The topological polar surface area (TPSA) is 114 Å². The second-order valence-electron chi connectivity index (χ2n) is 10.6. The molecule has 13 heteroatoms. The summed E-state index contributed by atoms with van der Waals surface area (Å²) in [7, 11) is 8.87. The summed E-state index contributed by atoms with van der Waals surface area (Å²) in [4.78, 5) is 28.3. The van der Waals surface area contributed by atoms with Crippen molar-refractivity contribution in [2.24, 2.45) is 5.92 Å². The molecule has 4 rings (SSSR count). The molecule has 42 heavy (non-hydrogen) atoms. The van der Waals surface area contributed by atoms with E-state index in [2.05, 4.69) is 41.3 Å². The van der Waals surface area contributed by atoms with E-state index >= 15 is 0 Å². The van der Waals surface area contributed by atoms with Crippen LogP contribution < -0.4 is 34.6 Å². The van der Waals surface area contributed by atoms with Crippen molar-refractivity contribution in [3.8, 4) is 17.2 Å². The van der Waals surface area contributed by atoms with E-state index in [0.717, 1.165) is 43.3 Å². The maximum absolute atomic E-state index is 13.3. The maximum Gasteiger partial charge on any atom is 0.364 e. The van der Waals surface area contributed by atoms with Crippen molar-refractivity contribution >= 4 is 35.3 Å². The molecular weight excluding hydrogens is 558 g/mol. The fourth-order valence-corrected chi connectivity index (χ4v) is 5.87. The van der Waals surface area contributed by atoms with E-state index < -0.39 is 11.0 Å². The highest BCUT2D eigenvalue weighted by molar-refractivity contribution is 8.04. The molecule has 2 aromatic rings. The number of anilines is 3. The maximum atomic E-state index is 13.3. The molecular formula is C29H43N7O5S. The predicted octanol–water partition coefficient (Wildman–Crippen LogP) is 3.35. The Labute approximate surface area is 252 Å². The molecule has 0 amide bonds. The number of carbonyl (C=O) groups is 1. The van der Waals surface area contributed by atoms with Gasteiger partial charge in [0.05, 0.1) is 27.9 Å². The van der Waals surface area contributed by atoms with E-state index in [-0.39, 0.29) is 12.5 Å². The van der Waals surface area contributed by atoms with Crippen LogP contribution in [-0.4, -0.2) is 94.0 Å². The van der Waals surface area contributed by atoms with Crippen LogP contribution in [0.3, 0.4) is 0 Å². The molecule has 2 aliphatic rings. The number of ether oxygens (including phenoxy) is 4. The van der Waals surface area contributed by atoms with Crippen LogP contribution in [0, 0.1) is 5.92 Å². The molecule has 0 saturated carbocycles. The SMILES string of the molecule is CCOC(=O)C1(Nc2nc(N(C)Cc3cc(OC)c(OC)c(OC)c3)cc(N3CCN(C)CC3)n2)NC(C(C)C)=CS1. The minimum absolute atomic E-state index is 0.202. The molecule has 0 radical (unpaired) electrons. The average molecular weight is 602 g/mol. The van der Waals surface area contributed by atoms with Crippen molar-refractivity contribution in [1.29, 1.82) is 0 Å². The normalized spacial score (nSPS) is 18.8. The van der Waals surface area contributed by atoms with Gasteiger partial charge in [-0.15, -0.1) is 0 Å². The number of piperazine rings is 1. The molecule has 230 valence electrons. The number of allylic oxidation sites excluding steroid dienone is 1. The number of hydrogen-bond donors (Lipinski definition) is 2. The molecule has 3 heterocycles. The lowest BCUT2D eigenvalue weighted by Crippen LogP contribution is -2.54. The number of rotatable bonds is 12. The Balaban J connectivity index is 1.70. The zero-order valence-corrected chi connectivity index (χ0v) is 26.6. The quantitative estimate of drug-likeness (QED) is 0.347. The smallest absolute Gasteiger partial charge is 0.364 e. The summed E-state index contributed by atoms with van der Waals surface area (Å²) < 4.78 is 22.1. The van der Waals surface area contributed by atoms with Gasteiger partial charge in [0.2, 0.25) is 11.7 Å². The second kappa shape index (κ2) is 13.6. The van der Waals surface area contributed by atoms with Crippen molar-refractivity contribution in [3.63, 3.8) is 0 Å². The number of nitrogens with zero attached hydrogens (tertiary/aromatic N) is 5. The van der Waals surface area contributed by atoms with Crippen LogP contribution in [0.4, 0.5) is 17.6 Å². The van der Waals surface area contributed by atoms with Crippen molar-refractivity contribution in [2.45, 2.75) is 32.3 Å². The van der Waals surface area contributed by atoms with E-state index in [9.17, 15) is 4.79 Å². The molecule has 1 saturated heterocycles. The van der Waals surface area contributed by atoms with Gasteiger partial charge in [0, 0.05) is 51.5 Å². The summed E-state index contributed by atoms with van der Waals surface area (Å²) in [5.41, 5.74) is 1.89. The Hall–Kier alpha value is -3.58. The molecule has 1 atom stereocenters. The van der Waals surface area contributed by atoms with Gasteiger partial charge in [-0.2, -0.15) is 9.97 Å². The summed E-state index contributed by atoms with van der Waals surface area (Å²) in [6.07, 6.45) is 0. The van der Waals surface area contributed by atoms with Gasteiger partial charge in [-0.1, -0.05) is 25.6 Å². The third kappa shape index (κ3) is 6.89. The lowest BCUT2D eigenvalue weighted by molar-refractivity contribution is -0.145. The Morgan fingerprint density at radius 2 is 1.76 bits per heavy atom. The van der Waals surface area contributed by atoms with E-state index in [1.165, 1.54) is 11.8 Å². The summed E-state index contributed by atoms with van der Waals surface area (Å²) in [6, 6.07) is 5.83. The van der Waals surface area contributed by atoms with Gasteiger partial charge in [0.1, 0.15) is 11.6 Å². The molecule has 1 aromatic carbocycles. The number of esters is 1. The minimum atomic E-state index is -1.27. The first kappa shape index (κ1) is 31.4. The fraction of sp³-hybridized carbons (Fsp3) is 0.552. The van der Waals surface area contributed by atoms with E-state index in [1.807, 2.05) is 35.6 Å². The zero-order valence-electron chi connectivity index (χ0n) is 25.8. The first-order valence-electron chi connectivity index (χ1n) is 14.1. The summed E-state index contributed by atoms with van der Waals surface area (Å²) in [5, 5.41) is 8.61. The largest absolute Gasteiger partial charge is 0.493 e. The van der Waals surface area contributed by atoms with Crippen molar-refractivity contribution in [3.05, 3.63) is 34.9 Å². The predicted molar refractivity (Wildman–Crippen MR) is 167 cm³/mol. The highest BCUT2D eigenvalue weighted by Crippen LogP contribution is 2.39. The Bertz CT molecular complexity index is 1260. The average Bonchev–Trinajstić information content (AvgIpc) is 3.42. The summed E-state index contributed by atoms with van der Waals surface area (Å²) in [5.74, 6) is 3.27. The van der Waals surface area contributed by atoms with Crippen LogP contribution in [0.2, 0.25) is 0 Å². The second-order valence-corrected chi connectivity index (χ2v) is 11.7. The summed E-state index contributed by atoms with van der Waals surface area (Å²) in [6.45, 7) is 10.2. The molecule has 1 aromatic heterocycles. The Kier molecular flexibility index (Phi) is 10.2. The Morgan fingerprint density at radius 1 is 1.10 bits per heavy atom. The van der Waals surface area contributed by atoms with Gasteiger partial charge in [0.15, 0.2) is 11.5 Å². The molecule has 2 N–H and O–H groups in total. The number of likely N-dealkylation sites (N-methyl/N-ethyl adjacent to an activating group) is 1. The number of hydrogen-bond acceptors (Lipinski definition) is 13. The van der Waals surface area contributed by atoms with Gasteiger partial charge in [-0.25, -0.2) is 4.79 Å². The highest BCUT2D eigenvalue weighted by Gasteiger charge is 2.46. The molecule has 0 bridgehead atoms. The molecule has 1 fully saturated rings. The van der Waals surface area contributed by atoms with Crippen LogP contribution in [-0.2, 0) is 16.1 Å². The van der Waals surface area contributed by atoms with Crippen LogP contribution in [0.1, 0.15) is 26.3 Å². The lowest BCUT2D eigenvalue weighted by atomic mass is 10.1. The van der Waals surface area contributed by atoms with Crippen LogP contribution in [0.5, 0.6) is 17.2 Å². The number of benzene rings is 1. The number of nitrogens with one attached hydrogen (secondary N) is 2. The van der Waals surface area contributed by atoms with Crippen LogP contribution in [0.15, 0.2) is 29.3 Å². The van der Waals surface area contributed by atoms with Crippen molar-refractivity contribution in [2.75, 3.05) is 83.3 Å². The van der Waals surface area contributed by atoms with Crippen LogP contribution in [0.25, 0.3) is 0 Å². The van der Waals surface area contributed by atoms with Crippen molar-refractivity contribution < 1.29 is 23.7 Å². The fourth-order valence-electron chi connectivity index (χ4n) is 4.75. The van der Waals surface area contributed by atoms with Gasteiger partial charge in [0.25, 0.3) is 4.99 Å². The van der Waals surface area contributed by atoms with E-state index in [1.54, 1.807) is 28.3 Å². The van der Waals surface area contributed by atoms with Crippen molar-refractivity contribution in [1.82, 2.24) is 20.2 Å². The van der Waals surface area contributed by atoms with Gasteiger partial charge >= 0.3 is 5.97 Å². The van der Waals surface area contributed by atoms with Crippen LogP contribution >= 0.6 is 11.8 Å². The van der Waals surface area contributed by atoms with Gasteiger partial charge < -0.3 is 44.3 Å². The summed E-state index contributed by atoms with van der Waals surface area (Å²) >= 11 is 1.33. The Morgan fingerprint density at radius 3 is 2.31 bits per heavy atom. The molecule has 1 unspecified atom stereocenters. The number of thioether (sulfide) groups is 1. The highest BCUT2D eigenvalue weighted by atomic mass is 32.2. The molecule has 0 aliphatic carbocycles. The van der Waals surface area contributed by atoms with Gasteiger partial charge in [-0.3, -0.25) is 0 Å². The molecule has 12 nitrogen and oxygen atoms in total. The third-order valence-electron chi connectivity index (χ3n) is 7.22.